The number of nitrogens with one attached hydrogen (secondary N) is 2. The van der Waals surface area contributed by atoms with Crippen LogP contribution in [0, 0.1) is 0 Å². The summed E-state index contributed by atoms with van der Waals surface area (Å²) in [6.07, 6.45) is 2.91. The van der Waals surface area contributed by atoms with Crippen LogP contribution in [0.1, 0.15) is 31.7 Å². The zero-order valence-corrected chi connectivity index (χ0v) is 14.2. The molecule has 1 aromatic rings. The number of nitrogens with zero attached hydrogens (tertiary/aromatic N) is 1. The molecule has 0 radical (unpaired) electrons. The van der Waals surface area contributed by atoms with E-state index in [1.807, 2.05) is 24.0 Å². The van der Waals surface area contributed by atoms with E-state index in [2.05, 4.69) is 10.6 Å². The lowest BCUT2D eigenvalue weighted by atomic mass is 10.0. The Hall–Kier alpha value is -1.75. The number of urea groups is 1. The molecule has 1 fully saturated rings. The average molecular weight is 338 g/mol. The van der Waals surface area contributed by atoms with Crippen molar-refractivity contribution < 1.29 is 9.59 Å². The number of rotatable bonds is 5. The predicted molar refractivity (Wildman–Crippen MR) is 91.6 cm³/mol. The molecule has 126 valence electrons. The molecule has 23 heavy (non-hydrogen) atoms. The minimum absolute atomic E-state index is 0.113. The maximum Gasteiger partial charge on any atom is 0.315 e. The molecule has 0 unspecified atom stereocenters. The first kappa shape index (κ1) is 17.6. The van der Waals surface area contributed by atoms with Gasteiger partial charge in [0.1, 0.15) is 0 Å². The summed E-state index contributed by atoms with van der Waals surface area (Å²) in [6, 6.07) is 7.40. The molecule has 5 nitrogen and oxygen atoms in total. The Morgan fingerprint density at radius 1 is 1.22 bits per heavy atom. The van der Waals surface area contributed by atoms with E-state index in [0.29, 0.717) is 31.1 Å². The Balaban J connectivity index is 1.74. The van der Waals surface area contributed by atoms with Crippen molar-refractivity contribution in [3.05, 3.63) is 34.9 Å². The second kappa shape index (κ2) is 8.77. The summed E-state index contributed by atoms with van der Waals surface area (Å²) in [5.74, 6) is 0.126. The molecule has 1 aliphatic heterocycles. The molecule has 0 spiro atoms. The summed E-state index contributed by atoms with van der Waals surface area (Å²) in [4.78, 5) is 25.8. The Labute approximate surface area is 142 Å². The Morgan fingerprint density at radius 3 is 2.48 bits per heavy atom. The normalized spacial score (nSPS) is 15.3. The van der Waals surface area contributed by atoms with Crippen molar-refractivity contribution in [3.63, 3.8) is 0 Å². The molecule has 1 heterocycles. The van der Waals surface area contributed by atoms with E-state index in [0.717, 1.165) is 24.8 Å². The summed E-state index contributed by atoms with van der Waals surface area (Å²) in [7, 11) is 0. The van der Waals surface area contributed by atoms with Gasteiger partial charge in [-0.05, 0) is 37.0 Å². The van der Waals surface area contributed by atoms with Crippen molar-refractivity contribution in [1.82, 2.24) is 15.5 Å². The highest BCUT2D eigenvalue weighted by Gasteiger charge is 2.23. The van der Waals surface area contributed by atoms with Crippen LogP contribution in [0.25, 0.3) is 0 Å². The van der Waals surface area contributed by atoms with Gasteiger partial charge in [-0.1, -0.05) is 30.7 Å². The molecule has 6 heteroatoms. The summed E-state index contributed by atoms with van der Waals surface area (Å²) < 4.78 is 0. The van der Waals surface area contributed by atoms with Crippen LogP contribution >= 0.6 is 11.6 Å². The van der Waals surface area contributed by atoms with Gasteiger partial charge < -0.3 is 15.5 Å². The van der Waals surface area contributed by atoms with E-state index in [1.54, 1.807) is 12.1 Å². The zero-order chi connectivity index (χ0) is 16.7. The largest absolute Gasteiger partial charge is 0.342 e. The number of piperidine rings is 1. The van der Waals surface area contributed by atoms with Crippen LogP contribution in [0.5, 0.6) is 0 Å². The fourth-order valence-electron chi connectivity index (χ4n) is 2.64. The summed E-state index contributed by atoms with van der Waals surface area (Å²) in [5, 5.41) is 6.45. The molecule has 0 aliphatic carbocycles. The van der Waals surface area contributed by atoms with Gasteiger partial charge >= 0.3 is 6.03 Å². The van der Waals surface area contributed by atoms with Crippen molar-refractivity contribution >= 4 is 23.5 Å². The Kier molecular flexibility index (Phi) is 6.71. The zero-order valence-electron chi connectivity index (χ0n) is 13.5. The van der Waals surface area contributed by atoms with Gasteiger partial charge in [0.2, 0.25) is 5.91 Å². The number of hydrogen-bond acceptors (Lipinski definition) is 2. The average Bonchev–Trinajstić information content (AvgIpc) is 2.55. The lowest BCUT2D eigenvalue weighted by Crippen LogP contribution is -2.49. The van der Waals surface area contributed by atoms with Gasteiger partial charge in [-0.3, -0.25) is 4.79 Å². The van der Waals surface area contributed by atoms with Crippen LogP contribution in [-0.2, 0) is 11.2 Å². The van der Waals surface area contributed by atoms with Gasteiger partial charge in [-0.15, -0.1) is 0 Å². The molecule has 1 aliphatic rings. The fourth-order valence-corrected chi connectivity index (χ4v) is 2.76. The lowest BCUT2D eigenvalue weighted by molar-refractivity contribution is -0.131. The Bertz CT molecular complexity index is 525. The summed E-state index contributed by atoms with van der Waals surface area (Å²) >= 11 is 5.85. The van der Waals surface area contributed by atoms with Gasteiger partial charge in [0.05, 0.1) is 6.42 Å². The third kappa shape index (κ3) is 5.75. The van der Waals surface area contributed by atoms with Gasteiger partial charge in [-0.25, -0.2) is 4.79 Å². The van der Waals surface area contributed by atoms with Gasteiger partial charge in [0, 0.05) is 30.7 Å². The predicted octanol–water partition coefficient (Wildman–Crippen LogP) is 2.58. The fraction of sp³-hybridized carbons (Fsp3) is 0.529. The van der Waals surface area contributed by atoms with Crippen LogP contribution in [0.2, 0.25) is 5.02 Å². The monoisotopic (exact) mass is 337 g/mol. The Morgan fingerprint density at radius 2 is 1.87 bits per heavy atom. The number of hydrogen-bond donors (Lipinski definition) is 2. The number of benzene rings is 1. The van der Waals surface area contributed by atoms with Crippen LogP contribution in [0.4, 0.5) is 4.79 Å². The number of amides is 3. The van der Waals surface area contributed by atoms with E-state index in [4.69, 9.17) is 11.6 Å². The highest BCUT2D eigenvalue weighted by Crippen LogP contribution is 2.14. The third-order valence-corrected chi connectivity index (χ3v) is 4.24. The van der Waals surface area contributed by atoms with Crippen molar-refractivity contribution in [1.29, 1.82) is 0 Å². The van der Waals surface area contributed by atoms with Gasteiger partial charge in [-0.2, -0.15) is 0 Å². The molecule has 3 amide bonds. The topological polar surface area (TPSA) is 61.4 Å². The number of likely N-dealkylation sites (tertiary alicyclic amines) is 1. The maximum atomic E-state index is 12.3. The second-order valence-corrected chi connectivity index (χ2v) is 6.29. The standard InChI is InChI=1S/C17H24ClN3O2/c1-2-9-19-17(23)20-15-7-10-21(11-8-15)16(22)12-13-3-5-14(18)6-4-13/h3-6,15H,2,7-12H2,1H3,(H2,19,20,23). The molecule has 2 rings (SSSR count). The van der Waals surface area contributed by atoms with Crippen molar-refractivity contribution in [2.75, 3.05) is 19.6 Å². The first-order valence-electron chi connectivity index (χ1n) is 8.15. The lowest BCUT2D eigenvalue weighted by Gasteiger charge is -2.32. The number of carbonyl (C=O) groups excluding carboxylic acids is 2. The summed E-state index contributed by atoms with van der Waals surface area (Å²) in [5.41, 5.74) is 0.971. The minimum atomic E-state index is -0.113. The molecule has 0 saturated carbocycles. The first-order chi connectivity index (χ1) is 11.1. The molecule has 0 bridgehead atoms. The highest BCUT2D eigenvalue weighted by molar-refractivity contribution is 6.30. The van der Waals surface area contributed by atoms with E-state index < -0.39 is 0 Å². The van der Waals surface area contributed by atoms with Crippen LogP contribution in [0.15, 0.2) is 24.3 Å². The molecule has 1 aromatic carbocycles. The molecule has 1 saturated heterocycles. The highest BCUT2D eigenvalue weighted by atomic mass is 35.5. The van der Waals surface area contributed by atoms with E-state index in [9.17, 15) is 9.59 Å². The number of carbonyl (C=O) groups is 2. The quantitative estimate of drug-likeness (QED) is 0.867. The first-order valence-corrected chi connectivity index (χ1v) is 8.53. The number of halogens is 1. The van der Waals surface area contributed by atoms with Crippen LogP contribution in [0.3, 0.4) is 0 Å². The van der Waals surface area contributed by atoms with Gasteiger partial charge in [0.15, 0.2) is 0 Å². The van der Waals surface area contributed by atoms with Gasteiger partial charge in [0.25, 0.3) is 0 Å². The molecule has 0 aromatic heterocycles. The maximum absolute atomic E-state index is 12.3. The summed E-state index contributed by atoms with van der Waals surface area (Å²) in [6.45, 7) is 4.08. The van der Waals surface area contributed by atoms with Crippen LogP contribution < -0.4 is 10.6 Å². The van der Waals surface area contributed by atoms with E-state index in [-0.39, 0.29) is 18.0 Å². The smallest absolute Gasteiger partial charge is 0.315 e. The SMILES string of the molecule is CCCNC(=O)NC1CCN(C(=O)Cc2ccc(Cl)cc2)CC1. The molecule has 2 N–H and O–H groups in total. The van der Waals surface area contributed by atoms with Crippen molar-refractivity contribution in [3.8, 4) is 0 Å². The molecule has 0 atom stereocenters. The molecular weight excluding hydrogens is 314 g/mol. The molecular formula is C17H24ClN3O2. The third-order valence-electron chi connectivity index (χ3n) is 3.99. The van der Waals surface area contributed by atoms with E-state index in [1.165, 1.54) is 0 Å². The van der Waals surface area contributed by atoms with Crippen molar-refractivity contribution in [2.24, 2.45) is 0 Å². The van der Waals surface area contributed by atoms with Crippen LogP contribution in [-0.4, -0.2) is 42.5 Å². The second-order valence-electron chi connectivity index (χ2n) is 5.86. The van der Waals surface area contributed by atoms with E-state index >= 15 is 0 Å². The minimum Gasteiger partial charge on any atom is -0.342 e. The van der Waals surface area contributed by atoms with Crippen molar-refractivity contribution in [2.45, 2.75) is 38.6 Å².